The number of hydrogen-bond acceptors (Lipinski definition) is 9. The number of thiazole rings is 1. The molecule has 10 nitrogen and oxygen atoms in total. The molecule has 174 valence electrons. The van der Waals surface area contributed by atoms with Crippen LogP contribution in [0.3, 0.4) is 0 Å². The van der Waals surface area contributed by atoms with E-state index in [0.29, 0.717) is 28.4 Å². The summed E-state index contributed by atoms with van der Waals surface area (Å²) in [6.45, 7) is -0.897. The van der Waals surface area contributed by atoms with Crippen molar-refractivity contribution in [3.8, 4) is 17.4 Å². The number of ether oxygens (including phenoxy) is 4. The van der Waals surface area contributed by atoms with Crippen molar-refractivity contribution in [3.05, 3.63) is 74.2 Å². The summed E-state index contributed by atoms with van der Waals surface area (Å²) < 4.78 is 20.8. The second-order valence-corrected chi connectivity index (χ2v) is 7.80. The summed E-state index contributed by atoms with van der Waals surface area (Å²) in [7, 11) is 1.50. The van der Waals surface area contributed by atoms with Crippen molar-refractivity contribution >= 4 is 23.5 Å². The predicted molar refractivity (Wildman–Crippen MR) is 117 cm³/mol. The van der Waals surface area contributed by atoms with Gasteiger partial charge >= 0.3 is 17.0 Å². The SMILES string of the molecule is COc1cccc([C@@H](COc2ccc(Cc3sc(=O)[nH]c3O)cc2)OC(=O)OCC(=O)O)c1. The van der Waals surface area contributed by atoms with E-state index in [2.05, 4.69) is 9.72 Å². The van der Waals surface area contributed by atoms with Gasteiger partial charge in [-0.05, 0) is 35.4 Å². The van der Waals surface area contributed by atoms with Crippen LogP contribution in [0.4, 0.5) is 4.79 Å². The van der Waals surface area contributed by atoms with Gasteiger partial charge in [0.1, 0.15) is 18.1 Å². The summed E-state index contributed by atoms with van der Waals surface area (Å²) in [4.78, 5) is 36.4. The molecule has 33 heavy (non-hydrogen) atoms. The van der Waals surface area contributed by atoms with Crippen LogP contribution < -0.4 is 14.3 Å². The van der Waals surface area contributed by atoms with Gasteiger partial charge in [-0.3, -0.25) is 9.78 Å². The van der Waals surface area contributed by atoms with E-state index >= 15 is 0 Å². The molecule has 1 heterocycles. The van der Waals surface area contributed by atoms with Crippen molar-refractivity contribution in [2.24, 2.45) is 0 Å². The molecule has 0 unspecified atom stereocenters. The Labute approximate surface area is 191 Å². The number of nitrogens with one attached hydrogen (secondary N) is 1. The molecule has 0 spiro atoms. The first-order valence-corrected chi connectivity index (χ1v) is 10.5. The molecule has 0 amide bonds. The van der Waals surface area contributed by atoms with Gasteiger partial charge in [0.2, 0.25) is 5.88 Å². The number of carbonyl (C=O) groups excluding carboxylic acids is 1. The highest BCUT2D eigenvalue weighted by Crippen LogP contribution is 2.25. The topological polar surface area (TPSA) is 144 Å². The average molecular weight is 475 g/mol. The Morgan fingerprint density at radius 1 is 1.12 bits per heavy atom. The maximum atomic E-state index is 11.9. The fraction of sp³-hybridized carbons (Fsp3) is 0.227. The summed E-state index contributed by atoms with van der Waals surface area (Å²) in [6.07, 6.45) is -1.66. The van der Waals surface area contributed by atoms with E-state index in [0.717, 1.165) is 16.9 Å². The molecule has 0 fully saturated rings. The highest BCUT2D eigenvalue weighted by atomic mass is 32.1. The van der Waals surface area contributed by atoms with Crippen molar-refractivity contribution < 1.29 is 38.7 Å². The molecule has 0 aliphatic heterocycles. The number of H-pyrrole nitrogens is 1. The molecule has 11 heteroatoms. The van der Waals surface area contributed by atoms with Crippen molar-refractivity contribution in [2.45, 2.75) is 12.5 Å². The third kappa shape index (κ3) is 7.01. The van der Waals surface area contributed by atoms with Gasteiger partial charge in [-0.25, -0.2) is 9.59 Å². The minimum absolute atomic E-state index is 0.0745. The fourth-order valence-electron chi connectivity index (χ4n) is 2.84. The molecule has 3 rings (SSSR count). The van der Waals surface area contributed by atoms with Gasteiger partial charge in [0.25, 0.3) is 0 Å². The number of hydrogen-bond donors (Lipinski definition) is 3. The Morgan fingerprint density at radius 3 is 2.52 bits per heavy atom. The lowest BCUT2D eigenvalue weighted by molar-refractivity contribution is -0.141. The molecule has 3 N–H and O–H groups in total. The molecule has 0 aliphatic carbocycles. The maximum absolute atomic E-state index is 11.9. The number of carboxylic acid groups (broad SMARTS) is 1. The molecular weight excluding hydrogens is 454 g/mol. The molecule has 2 aromatic carbocycles. The Bertz CT molecular complexity index is 1150. The van der Waals surface area contributed by atoms with E-state index in [4.69, 9.17) is 19.3 Å². The van der Waals surface area contributed by atoms with Crippen LogP contribution in [0.2, 0.25) is 0 Å². The minimum atomic E-state index is -1.30. The Morgan fingerprint density at radius 2 is 1.88 bits per heavy atom. The quantitative estimate of drug-likeness (QED) is 0.377. The van der Waals surface area contributed by atoms with Crippen LogP contribution >= 0.6 is 11.3 Å². The van der Waals surface area contributed by atoms with E-state index in [9.17, 15) is 19.5 Å². The fourth-order valence-corrected chi connectivity index (χ4v) is 3.60. The number of benzene rings is 2. The third-order valence-corrected chi connectivity index (χ3v) is 5.28. The summed E-state index contributed by atoms with van der Waals surface area (Å²) in [5, 5.41) is 18.4. The van der Waals surface area contributed by atoms with Crippen LogP contribution in [0.1, 0.15) is 22.1 Å². The van der Waals surface area contributed by atoms with Crippen LogP contribution in [0.25, 0.3) is 0 Å². The van der Waals surface area contributed by atoms with E-state index in [1.807, 2.05) is 0 Å². The van der Waals surface area contributed by atoms with Gasteiger partial charge in [-0.1, -0.05) is 35.6 Å². The first kappa shape index (κ1) is 23.7. The molecule has 0 radical (unpaired) electrons. The van der Waals surface area contributed by atoms with Crippen LogP contribution in [0, 0.1) is 0 Å². The lowest BCUT2D eigenvalue weighted by atomic mass is 10.1. The van der Waals surface area contributed by atoms with Crippen LogP contribution in [-0.2, 0) is 20.7 Å². The summed E-state index contributed by atoms with van der Waals surface area (Å²) in [5.74, 6) is -0.417. The number of carboxylic acids is 1. The van der Waals surface area contributed by atoms with E-state index < -0.39 is 24.8 Å². The maximum Gasteiger partial charge on any atom is 0.509 e. The van der Waals surface area contributed by atoms with Gasteiger partial charge in [0.15, 0.2) is 12.7 Å². The molecule has 0 saturated carbocycles. The van der Waals surface area contributed by atoms with Crippen molar-refractivity contribution in [1.29, 1.82) is 0 Å². The predicted octanol–water partition coefficient (Wildman–Crippen LogP) is 3.10. The Kier molecular flexibility index (Phi) is 7.92. The van der Waals surface area contributed by atoms with Gasteiger partial charge in [-0.15, -0.1) is 0 Å². The first-order valence-electron chi connectivity index (χ1n) is 9.66. The smallest absolute Gasteiger partial charge is 0.497 e. The van der Waals surface area contributed by atoms with Gasteiger partial charge in [-0.2, -0.15) is 0 Å². The lowest BCUT2D eigenvalue weighted by Crippen LogP contribution is -2.21. The number of methoxy groups -OCH3 is 1. The summed E-state index contributed by atoms with van der Waals surface area (Å²) in [6, 6.07) is 13.8. The number of rotatable bonds is 10. The van der Waals surface area contributed by atoms with Gasteiger partial charge < -0.3 is 29.2 Å². The third-order valence-electron chi connectivity index (χ3n) is 4.41. The number of aliphatic carboxylic acids is 1. The Hall–Kier alpha value is -3.99. The van der Waals surface area contributed by atoms with Crippen LogP contribution in [0.15, 0.2) is 53.3 Å². The molecule has 0 bridgehead atoms. The van der Waals surface area contributed by atoms with E-state index in [1.165, 1.54) is 7.11 Å². The zero-order valence-corrected chi connectivity index (χ0v) is 18.3. The highest BCUT2D eigenvalue weighted by Gasteiger charge is 2.20. The standard InChI is InChI=1S/C22H21NO9S/c1-29-16-4-2-3-14(10-16)17(32-22(28)31-12-19(24)25)11-30-15-7-5-13(6-8-15)9-18-20(26)23-21(27)33-18/h2-8,10,17,26H,9,11-12H2,1H3,(H,23,27)(H,24,25)/t17-/m1/s1. The second kappa shape index (κ2) is 11.0. The lowest BCUT2D eigenvalue weighted by Gasteiger charge is -2.19. The summed E-state index contributed by atoms with van der Waals surface area (Å²) in [5.41, 5.74) is 1.42. The molecule has 0 aliphatic rings. The van der Waals surface area contributed by atoms with Crippen molar-refractivity contribution in [3.63, 3.8) is 0 Å². The monoisotopic (exact) mass is 475 g/mol. The molecule has 1 atom stereocenters. The largest absolute Gasteiger partial charge is 0.509 e. The van der Waals surface area contributed by atoms with Crippen molar-refractivity contribution in [1.82, 2.24) is 4.98 Å². The van der Waals surface area contributed by atoms with Gasteiger partial charge in [0.05, 0.1) is 12.0 Å². The Balaban J connectivity index is 1.67. The zero-order chi connectivity index (χ0) is 23.8. The average Bonchev–Trinajstić information content (AvgIpc) is 3.12. The first-order chi connectivity index (χ1) is 15.8. The molecule has 0 saturated heterocycles. The number of carbonyl (C=O) groups is 2. The molecule has 1 aromatic heterocycles. The second-order valence-electron chi connectivity index (χ2n) is 6.73. The highest BCUT2D eigenvalue weighted by molar-refractivity contribution is 7.09. The van der Waals surface area contributed by atoms with E-state index in [1.54, 1.807) is 48.5 Å². The normalized spacial score (nSPS) is 11.4. The summed E-state index contributed by atoms with van der Waals surface area (Å²) >= 11 is 0.940. The van der Waals surface area contributed by atoms with Crippen molar-refractivity contribution in [2.75, 3.05) is 20.3 Å². The van der Waals surface area contributed by atoms with Crippen LogP contribution in [0.5, 0.6) is 17.4 Å². The minimum Gasteiger partial charge on any atom is -0.497 e. The number of aromatic amines is 1. The number of aromatic nitrogens is 1. The number of aromatic hydroxyl groups is 1. The van der Waals surface area contributed by atoms with Gasteiger partial charge in [0, 0.05) is 6.42 Å². The van der Waals surface area contributed by atoms with Crippen LogP contribution in [-0.4, -0.2) is 47.6 Å². The van der Waals surface area contributed by atoms with E-state index in [-0.39, 0.29) is 17.4 Å². The molecule has 3 aromatic rings. The molecular formula is C22H21NO9S. The zero-order valence-electron chi connectivity index (χ0n) is 17.5.